The Morgan fingerprint density at radius 3 is 2.67 bits per heavy atom. The van der Waals surface area contributed by atoms with Crippen LogP contribution in [0.25, 0.3) is 0 Å². The van der Waals surface area contributed by atoms with Gasteiger partial charge in [-0.1, -0.05) is 13.8 Å². The van der Waals surface area contributed by atoms with Gasteiger partial charge in [0.25, 0.3) is 0 Å². The van der Waals surface area contributed by atoms with Gasteiger partial charge in [0.15, 0.2) is 0 Å². The zero-order chi connectivity index (χ0) is 11.3. The molecule has 0 amide bonds. The van der Waals surface area contributed by atoms with Crippen LogP contribution >= 0.6 is 0 Å². The van der Waals surface area contributed by atoms with Gasteiger partial charge in [0.2, 0.25) is 0 Å². The minimum Gasteiger partial charge on any atom is -0.469 e. The number of ether oxygens (including phenoxy) is 1. The summed E-state index contributed by atoms with van der Waals surface area (Å²) in [5, 5.41) is 0. The van der Waals surface area contributed by atoms with Gasteiger partial charge in [-0.05, 0) is 25.0 Å². The first-order valence-corrected chi connectivity index (χ1v) is 5.54. The van der Waals surface area contributed by atoms with Gasteiger partial charge in [-0.15, -0.1) is 0 Å². The molecule has 2 atom stereocenters. The monoisotopic (exact) mass is 211 g/mol. The summed E-state index contributed by atoms with van der Waals surface area (Å²) in [6, 6.07) is 3.83. The van der Waals surface area contributed by atoms with Gasteiger partial charge in [-0.3, -0.25) is 0 Å². The van der Waals surface area contributed by atoms with Crippen molar-refractivity contribution in [1.29, 1.82) is 0 Å². The summed E-state index contributed by atoms with van der Waals surface area (Å²) in [5.41, 5.74) is 6.11. The van der Waals surface area contributed by atoms with Gasteiger partial charge < -0.3 is 14.9 Å². The average Bonchev–Trinajstić information content (AvgIpc) is 2.65. The van der Waals surface area contributed by atoms with E-state index in [-0.39, 0.29) is 12.1 Å². The third-order valence-electron chi connectivity index (χ3n) is 2.46. The normalized spacial score (nSPS) is 15.5. The molecule has 0 aliphatic rings. The van der Waals surface area contributed by atoms with Crippen LogP contribution in [0.3, 0.4) is 0 Å². The summed E-state index contributed by atoms with van der Waals surface area (Å²) in [6.45, 7) is 6.95. The van der Waals surface area contributed by atoms with Gasteiger partial charge in [0, 0.05) is 19.1 Å². The first-order valence-electron chi connectivity index (χ1n) is 5.54. The van der Waals surface area contributed by atoms with Crippen LogP contribution in [0.1, 0.15) is 26.5 Å². The molecule has 0 aromatic carbocycles. The van der Waals surface area contributed by atoms with Crippen molar-refractivity contribution in [2.45, 2.75) is 39.3 Å². The minimum absolute atomic E-state index is 0.00361. The lowest BCUT2D eigenvalue weighted by Gasteiger charge is -2.26. The molecule has 0 saturated heterocycles. The number of furan rings is 1. The molecule has 0 fully saturated rings. The van der Waals surface area contributed by atoms with Gasteiger partial charge in [0.1, 0.15) is 5.76 Å². The van der Waals surface area contributed by atoms with Crippen molar-refractivity contribution in [3.8, 4) is 0 Å². The Balaban J connectivity index is 2.52. The molecule has 0 saturated carbocycles. The Morgan fingerprint density at radius 2 is 2.20 bits per heavy atom. The molecule has 0 radical (unpaired) electrons. The number of nitrogens with two attached hydrogens (primary N) is 1. The average molecular weight is 211 g/mol. The Bertz CT molecular complexity index is 257. The second-order valence-electron chi connectivity index (χ2n) is 4.11. The molecule has 2 N–H and O–H groups in total. The van der Waals surface area contributed by atoms with Crippen LogP contribution < -0.4 is 5.73 Å². The summed E-state index contributed by atoms with van der Waals surface area (Å²) >= 11 is 0. The van der Waals surface area contributed by atoms with Crippen LogP contribution in [0.2, 0.25) is 0 Å². The highest BCUT2D eigenvalue weighted by Crippen LogP contribution is 2.14. The van der Waals surface area contributed by atoms with E-state index in [1.165, 1.54) is 0 Å². The van der Waals surface area contributed by atoms with Crippen LogP contribution in [-0.4, -0.2) is 18.8 Å². The number of rotatable bonds is 6. The Labute approximate surface area is 91.6 Å². The van der Waals surface area contributed by atoms with E-state index in [0.29, 0.717) is 12.5 Å². The van der Waals surface area contributed by atoms with E-state index in [1.807, 2.05) is 19.1 Å². The van der Waals surface area contributed by atoms with E-state index in [0.717, 1.165) is 12.2 Å². The summed E-state index contributed by atoms with van der Waals surface area (Å²) in [7, 11) is 0. The highest BCUT2D eigenvalue weighted by atomic mass is 16.5. The Hall–Kier alpha value is -0.800. The van der Waals surface area contributed by atoms with E-state index in [4.69, 9.17) is 14.9 Å². The highest BCUT2D eigenvalue weighted by Gasteiger charge is 2.22. The van der Waals surface area contributed by atoms with E-state index in [1.54, 1.807) is 6.26 Å². The van der Waals surface area contributed by atoms with Gasteiger partial charge in [0.05, 0.1) is 12.4 Å². The predicted octanol–water partition coefficient (Wildman–Crippen LogP) is 2.21. The minimum atomic E-state index is -0.00361. The van der Waals surface area contributed by atoms with E-state index >= 15 is 0 Å². The fraction of sp³-hybridized carbons (Fsp3) is 0.667. The van der Waals surface area contributed by atoms with Crippen molar-refractivity contribution < 1.29 is 9.15 Å². The third-order valence-corrected chi connectivity index (χ3v) is 2.46. The zero-order valence-electron chi connectivity index (χ0n) is 9.77. The molecule has 0 bridgehead atoms. The van der Waals surface area contributed by atoms with Crippen LogP contribution in [0.5, 0.6) is 0 Å². The van der Waals surface area contributed by atoms with Crippen LogP contribution in [0.15, 0.2) is 22.8 Å². The molecule has 15 heavy (non-hydrogen) atoms. The molecule has 3 nitrogen and oxygen atoms in total. The summed E-state index contributed by atoms with van der Waals surface area (Å²) in [6.07, 6.45) is 2.50. The van der Waals surface area contributed by atoms with Crippen molar-refractivity contribution in [3.63, 3.8) is 0 Å². The lowest BCUT2D eigenvalue weighted by atomic mass is 9.97. The van der Waals surface area contributed by atoms with Crippen LogP contribution in [-0.2, 0) is 11.2 Å². The maximum atomic E-state index is 6.11. The lowest BCUT2D eigenvalue weighted by Crippen LogP contribution is -2.41. The lowest BCUT2D eigenvalue weighted by molar-refractivity contribution is 0.0118. The summed E-state index contributed by atoms with van der Waals surface area (Å²) in [4.78, 5) is 0. The van der Waals surface area contributed by atoms with Crippen molar-refractivity contribution in [1.82, 2.24) is 0 Å². The van der Waals surface area contributed by atoms with Crippen LogP contribution in [0, 0.1) is 5.92 Å². The molecule has 86 valence electrons. The third kappa shape index (κ3) is 3.68. The Morgan fingerprint density at radius 1 is 1.47 bits per heavy atom. The quantitative estimate of drug-likeness (QED) is 0.784. The summed E-state index contributed by atoms with van der Waals surface area (Å²) in [5.74, 6) is 1.35. The van der Waals surface area contributed by atoms with Crippen molar-refractivity contribution in [3.05, 3.63) is 24.2 Å². The topological polar surface area (TPSA) is 48.4 Å². The molecular formula is C12H21NO2. The maximum absolute atomic E-state index is 6.11. The van der Waals surface area contributed by atoms with E-state index < -0.39 is 0 Å². The summed E-state index contributed by atoms with van der Waals surface area (Å²) < 4.78 is 10.9. The zero-order valence-corrected chi connectivity index (χ0v) is 9.77. The molecule has 3 heteroatoms. The Kier molecular flexibility index (Phi) is 4.85. The molecule has 1 heterocycles. The number of hydrogen-bond donors (Lipinski definition) is 1. The molecular weight excluding hydrogens is 190 g/mol. The largest absolute Gasteiger partial charge is 0.469 e. The predicted molar refractivity (Wildman–Crippen MR) is 60.6 cm³/mol. The molecule has 0 spiro atoms. The molecule has 1 aromatic heterocycles. The van der Waals surface area contributed by atoms with Gasteiger partial charge in [-0.2, -0.15) is 0 Å². The van der Waals surface area contributed by atoms with Crippen molar-refractivity contribution in [2.24, 2.45) is 11.7 Å². The van der Waals surface area contributed by atoms with Gasteiger partial charge in [-0.25, -0.2) is 0 Å². The van der Waals surface area contributed by atoms with Crippen LogP contribution in [0.4, 0.5) is 0 Å². The first kappa shape index (κ1) is 12.3. The molecule has 2 unspecified atom stereocenters. The second kappa shape index (κ2) is 5.93. The maximum Gasteiger partial charge on any atom is 0.105 e. The fourth-order valence-electron chi connectivity index (χ4n) is 1.78. The van der Waals surface area contributed by atoms with E-state index in [2.05, 4.69) is 13.8 Å². The standard InChI is InChI=1S/C12H21NO2/c1-4-14-12(9(2)3)11(13)8-10-6-5-7-15-10/h5-7,9,11-12H,4,8,13H2,1-3H3. The molecule has 0 aliphatic carbocycles. The SMILES string of the molecule is CCOC(C(C)C)C(N)Cc1ccco1. The number of hydrogen-bond acceptors (Lipinski definition) is 3. The fourth-order valence-corrected chi connectivity index (χ4v) is 1.78. The van der Waals surface area contributed by atoms with Crippen molar-refractivity contribution >= 4 is 0 Å². The molecule has 1 rings (SSSR count). The second-order valence-corrected chi connectivity index (χ2v) is 4.11. The van der Waals surface area contributed by atoms with Gasteiger partial charge >= 0.3 is 0 Å². The smallest absolute Gasteiger partial charge is 0.105 e. The molecule has 1 aromatic rings. The highest BCUT2D eigenvalue weighted by molar-refractivity contribution is 5.01. The van der Waals surface area contributed by atoms with Crippen molar-refractivity contribution in [2.75, 3.05) is 6.61 Å². The first-order chi connectivity index (χ1) is 7.15. The molecule has 0 aliphatic heterocycles. The van der Waals surface area contributed by atoms with E-state index in [9.17, 15) is 0 Å².